The van der Waals surface area contributed by atoms with Gasteiger partial charge in [0.2, 0.25) is 0 Å². The maximum Gasteiger partial charge on any atom is 0.196 e. The lowest BCUT2D eigenvalue weighted by Gasteiger charge is -2.02. The fourth-order valence-electron chi connectivity index (χ4n) is 1.42. The van der Waals surface area contributed by atoms with Crippen molar-refractivity contribution >= 4 is 11.4 Å². The Hall–Kier alpha value is -2.17. The Balaban J connectivity index is 2.43. The molecule has 0 saturated carbocycles. The molecule has 1 aromatic carbocycles. The number of hydrogen-bond acceptors (Lipinski definition) is 2. The van der Waals surface area contributed by atoms with Crippen LogP contribution in [0.15, 0.2) is 41.5 Å². The normalized spacial score (nSPS) is 11.7. The van der Waals surface area contributed by atoms with E-state index in [1.807, 2.05) is 0 Å². The van der Waals surface area contributed by atoms with Gasteiger partial charge < -0.3 is 0 Å². The fourth-order valence-corrected chi connectivity index (χ4v) is 1.42. The third kappa shape index (κ3) is 2.40. The molecule has 0 spiro atoms. The minimum Gasteiger partial charge on any atom is -0.255 e. The summed E-state index contributed by atoms with van der Waals surface area (Å²) in [6.45, 7) is 1.61. The van der Waals surface area contributed by atoms with E-state index >= 15 is 0 Å². The van der Waals surface area contributed by atoms with E-state index in [4.69, 9.17) is 0 Å². The molecule has 0 aliphatic carbocycles. The van der Waals surface area contributed by atoms with Gasteiger partial charge >= 0.3 is 0 Å². The highest BCUT2D eigenvalue weighted by molar-refractivity contribution is 5.98. The van der Waals surface area contributed by atoms with Crippen LogP contribution in [0.4, 0.5) is 18.9 Å². The van der Waals surface area contributed by atoms with Crippen molar-refractivity contribution in [2.24, 2.45) is 4.99 Å². The largest absolute Gasteiger partial charge is 0.255 e. The van der Waals surface area contributed by atoms with Crippen molar-refractivity contribution in [3.05, 3.63) is 59.7 Å². The molecule has 0 bridgehead atoms. The van der Waals surface area contributed by atoms with E-state index in [1.165, 1.54) is 0 Å². The monoisotopic (exact) mass is 250 g/mol. The quantitative estimate of drug-likeness (QED) is 0.590. The van der Waals surface area contributed by atoms with E-state index in [-0.39, 0.29) is 5.69 Å². The number of rotatable bonds is 2. The molecule has 0 fully saturated rings. The molecule has 0 atom stereocenters. The number of hydrogen-bond donors (Lipinski definition) is 0. The summed E-state index contributed by atoms with van der Waals surface area (Å²) in [6.07, 6.45) is 1.57. The number of benzene rings is 1. The van der Waals surface area contributed by atoms with Crippen molar-refractivity contribution in [2.75, 3.05) is 0 Å². The molecule has 1 heterocycles. The first-order valence-electron chi connectivity index (χ1n) is 5.20. The van der Waals surface area contributed by atoms with Gasteiger partial charge in [-0.25, -0.2) is 18.2 Å². The Morgan fingerprint density at radius 2 is 1.83 bits per heavy atom. The molecule has 1 aromatic heterocycles. The fraction of sp³-hybridized carbons (Fsp3) is 0.0769. The molecule has 0 unspecified atom stereocenters. The van der Waals surface area contributed by atoms with Gasteiger partial charge in [0.15, 0.2) is 17.5 Å². The molecule has 2 rings (SSSR count). The van der Waals surface area contributed by atoms with Crippen LogP contribution in [0.25, 0.3) is 0 Å². The topological polar surface area (TPSA) is 25.2 Å². The molecule has 0 aliphatic rings. The van der Waals surface area contributed by atoms with E-state index in [1.54, 1.807) is 31.3 Å². The van der Waals surface area contributed by atoms with Crippen molar-refractivity contribution in [1.82, 2.24) is 4.98 Å². The minimum atomic E-state index is -1.52. The second kappa shape index (κ2) is 5.00. The SMILES string of the molecule is CC(=Nc1ccc(F)c(F)c1F)c1ccccn1. The molecular weight excluding hydrogens is 241 g/mol. The Morgan fingerprint density at radius 1 is 1.06 bits per heavy atom. The van der Waals surface area contributed by atoms with Gasteiger partial charge in [0.05, 0.1) is 11.4 Å². The Kier molecular flexibility index (Phi) is 3.41. The molecule has 0 saturated heterocycles. The van der Waals surface area contributed by atoms with Crippen LogP contribution in [0.3, 0.4) is 0 Å². The van der Waals surface area contributed by atoms with Gasteiger partial charge in [0, 0.05) is 6.20 Å². The zero-order valence-corrected chi connectivity index (χ0v) is 9.49. The first-order chi connectivity index (χ1) is 8.59. The van der Waals surface area contributed by atoms with E-state index in [9.17, 15) is 13.2 Å². The Bertz CT molecular complexity index is 595. The zero-order chi connectivity index (χ0) is 13.1. The third-order valence-electron chi connectivity index (χ3n) is 2.34. The number of aliphatic imine (C=N–C) groups is 1. The number of pyridine rings is 1. The summed E-state index contributed by atoms with van der Waals surface area (Å²) >= 11 is 0. The predicted octanol–water partition coefficient (Wildman–Crippen LogP) is 3.64. The van der Waals surface area contributed by atoms with Gasteiger partial charge in [-0.1, -0.05) is 6.07 Å². The van der Waals surface area contributed by atoms with E-state index in [2.05, 4.69) is 9.98 Å². The van der Waals surface area contributed by atoms with Crippen molar-refractivity contribution in [3.63, 3.8) is 0 Å². The van der Waals surface area contributed by atoms with Crippen LogP contribution >= 0.6 is 0 Å². The van der Waals surface area contributed by atoms with Gasteiger partial charge in [-0.05, 0) is 31.2 Å². The average Bonchev–Trinajstić information content (AvgIpc) is 2.40. The second-order valence-electron chi connectivity index (χ2n) is 3.61. The smallest absolute Gasteiger partial charge is 0.196 e. The molecule has 2 aromatic rings. The average molecular weight is 250 g/mol. The summed E-state index contributed by atoms with van der Waals surface area (Å²) in [5.74, 6) is -4.06. The first kappa shape index (κ1) is 12.3. The summed E-state index contributed by atoms with van der Waals surface area (Å²) < 4.78 is 39.1. The third-order valence-corrected chi connectivity index (χ3v) is 2.34. The van der Waals surface area contributed by atoms with Crippen LogP contribution in [-0.2, 0) is 0 Å². The minimum absolute atomic E-state index is 0.253. The Labute approximate surface area is 102 Å². The number of halogens is 3. The van der Waals surface area contributed by atoms with Crippen LogP contribution in [0, 0.1) is 17.5 Å². The summed E-state index contributed by atoms with van der Waals surface area (Å²) in [6, 6.07) is 7.09. The molecule has 0 aliphatic heterocycles. The zero-order valence-electron chi connectivity index (χ0n) is 9.49. The van der Waals surface area contributed by atoms with Crippen LogP contribution in [0.1, 0.15) is 12.6 Å². The molecule has 0 amide bonds. The summed E-state index contributed by atoms with van der Waals surface area (Å²) in [5, 5.41) is 0. The molecular formula is C13H9F3N2. The highest BCUT2D eigenvalue weighted by Gasteiger charge is 2.13. The molecule has 92 valence electrons. The number of aromatic nitrogens is 1. The van der Waals surface area contributed by atoms with Crippen molar-refractivity contribution in [3.8, 4) is 0 Å². The molecule has 18 heavy (non-hydrogen) atoms. The van der Waals surface area contributed by atoms with Gasteiger partial charge in [0.25, 0.3) is 0 Å². The standard InChI is InChI=1S/C13H9F3N2/c1-8(10-4-2-3-7-17-10)18-11-6-5-9(14)12(15)13(11)16/h2-7H,1H3. The van der Waals surface area contributed by atoms with Gasteiger partial charge in [-0.15, -0.1) is 0 Å². The maximum absolute atomic E-state index is 13.4. The Morgan fingerprint density at radius 3 is 2.50 bits per heavy atom. The predicted molar refractivity (Wildman–Crippen MR) is 62.4 cm³/mol. The molecule has 0 N–H and O–H groups in total. The van der Waals surface area contributed by atoms with Gasteiger partial charge in [-0.3, -0.25) is 4.98 Å². The van der Waals surface area contributed by atoms with Crippen LogP contribution in [-0.4, -0.2) is 10.7 Å². The van der Waals surface area contributed by atoms with E-state index in [0.29, 0.717) is 11.4 Å². The van der Waals surface area contributed by atoms with Crippen LogP contribution < -0.4 is 0 Å². The van der Waals surface area contributed by atoms with Gasteiger partial charge in [0.1, 0.15) is 5.69 Å². The summed E-state index contributed by atoms with van der Waals surface area (Å²) in [4.78, 5) is 7.93. The van der Waals surface area contributed by atoms with Crippen LogP contribution in [0.5, 0.6) is 0 Å². The lowest BCUT2D eigenvalue weighted by Crippen LogP contribution is -1.98. The van der Waals surface area contributed by atoms with Gasteiger partial charge in [-0.2, -0.15) is 0 Å². The van der Waals surface area contributed by atoms with Crippen molar-refractivity contribution < 1.29 is 13.2 Å². The highest BCUT2D eigenvalue weighted by atomic mass is 19.2. The summed E-state index contributed by atoms with van der Waals surface area (Å²) in [5.41, 5.74) is 0.708. The number of nitrogens with zero attached hydrogens (tertiary/aromatic N) is 2. The first-order valence-corrected chi connectivity index (χ1v) is 5.20. The van der Waals surface area contributed by atoms with E-state index < -0.39 is 17.5 Å². The maximum atomic E-state index is 13.4. The highest BCUT2D eigenvalue weighted by Crippen LogP contribution is 2.23. The van der Waals surface area contributed by atoms with Crippen molar-refractivity contribution in [2.45, 2.75) is 6.92 Å². The molecule has 5 heteroatoms. The lowest BCUT2D eigenvalue weighted by atomic mass is 10.2. The molecule has 0 radical (unpaired) electrons. The second-order valence-corrected chi connectivity index (χ2v) is 3.61. The molecule has 2 nitrogen and oxygen atoms in total. The lowest BCUT2D eigenvalue weighted by molar-refractivity contribution is 0.448. The van der Waals surface area contributed by atoms with Crippen molar-refractivity contribution in [1.29, 1.82) is 0 Å². The van der Waals surface area contributed by atoms with E-state index in [0.717, 1.165) is 12.1 Å². The van der Waals surface area contributed by atoms with Crippen LogP contribution in [0.2, 0.25) is 0 Å². The summed E-state index contributed by atoms with van der Waals surface area (Å²) in [7, 11) is 0.